The van der Waals surface area contributed by atoms with Crippen LogP contribution in [0.25, 0.3) is 0 Å². The molecule has 15 heavy (non-hydrogen) atoms. The van der Waals surface area contributed by atoms with Gasteiger partial charge in [0.1, 0.15) is 31.5 Å². The summed E-state index contributed by atoms with van der Waals surface area (Å²) in [5, 5.41) is 9.51. The minimum absolute atomic E-state index is 0.323. The smallest absolute Gasteiger partial charge is 0.267 e. The Kier molecular flexibility index (Phi) is 4.07. The van der Waals surface area contributed by atoms with E-state index in [2.05, 4.69) is 0 Å². The molecular weight excluding hydrogens is 222 g/mol. The fourth-order valence-electron chi connectivity index (χ4n) is 1.77. The van der Waals surface area contributed by atoms with Crippen LogP contribution in [0.2, 0.25) is 0 Å². The van der Waals surface area contributed by atoms with Gasteiger partial charge in [-0.15, -0.1) is 0 Å². The van der Waals surface area contributed by atoms with Crippen molar-refractivity contribution < 1.29 is 27.3 Å². The highest BCUT2D eigenvalue weighted by Crippen LogP contribution is 2.09. The molecule has 0 aromatic heterocycles. The van der Waals surface area contributed by atoms with Crippen molar-refractivity contribution in [3.63, 3.8) is 0 Å². The van der Waals surface area contributed by atoms with E-state index in [1.165, 1.54) is 0 Å². The minimum Gasteiger partial charge on any atom is -0.386 e. The molecule has 0 spiro atoms. The zero-order valence-electron chi connectivity index (χ0n) is 8.79. The van der Waals surface area contributed by atoms with E-state index in [1.807, 2.05) is 7.05 Å². The summed E-state index contributed by atoms with van der Waals surface area (Å²) in [6.45, 7) is 3.07. The molecule has 0 aromatic rings. The van der Waals surface area contributed by atoms with Crippen LogP contribution >= 0.6 is 0 Å². The maximum atomic E-state index is 10.6. The summed E-state index contributed by atoms with van der Waals surface area (Å²) in [7, 11) is -2.15. The van der Waals surface area contributed by atoms with Crippen molar-refractivity contribution in [2.75, 3.05) is 45.6 Å². The predicted molar refractivity (Wildman–Crippen MR) is 54.0 cm³/mol. The Bertz CT molecular complexity index is 296. The van der Waals surface area contributed by atoms with Crippen molar-refractivity contribution in [1.29, 1.82) is 0 Å². The second-order valence-electron chi connectivity index (χ2n) is 4.26. The Balaban J connectivity index is 2.45. The Morgan fingerprint density at radius 2 is 1.93 bits per heavy atom. The van der Waals surface area contributed by atoms with Gasteiger partial charge in [0.25, 0.3) is 10.1 Å². The fourth-order valence-corrected chi connectivity index (χ4v) is 2.36. The van der Waals surface area contributed by atoms with E-state index in [9.17, 15) is 13.5 Å². The van der Waals surface area contributed by atoms with Crippen molar-refractivity contribution in [3.05, 3.63) is 0 Å². The van der Waals surface area contributed by atoms with Crippen LogP contribution in [0.4, 0.5) is 0 Å². The molecule has 0 radical (unpaired) electrons. The lowest BCUT2D eigenvalue weighted by Gasteiger charge is -2.38. The van der Waals surface area contributed by atoms with E-state index in [0.717, 1.165) is 13.1 Å². The average Bonchev–Trinajstić information content (AvgIpc) is 1.99. The van der Waals surface area contributed by atoms with Gasteiger partial charge < -0.3 is 14.3 Å². The van der Waals surface area contributed by atoms with Gasteiger partial charge in [-0.25, -0.2) is 0 Å². The van der Waals surface area contributed by atoms with Crippen LogP contribution in [-0.2, 0) is 14.9 Å². The molecular formula is C8H18NO5S+. The monoisotopic (exact) mass is 240 g/mol. The first-order valence-corrected chi connectivity index (χ1v) is 6.46. The summed E-state index contributed by atoms with van der Waals surface area (Å²) < 4.78 is 35.4. The number of aliphatic hydroxyl groups is 1. The van der Waals surface area contributed by atoms with Crippen LogP contribution in [0.5, 0.6) is 0 Å². The summed E-state index contributed by atoms with van der Waals surface area (Å²) in [6, 6.07) is 0. The average molecular weight is 240 g/mol. The Morgan fingerprint density at radius 1 is 1.40 bits per heavy atom. The molecule has 0 saturated carbocycles. The first kappa shape index (κ1) is 12.9. The molecule has 1 saturated heterocycles. The van der Waals surface area contributed by atoms with E-state index >= 15 is 0 Å². The van der Waals surface area contributed by atoms with Gasteiger partial charge >= 0.3 is 0 Å². The molecule has 1 atom stereocenters. The van der Waals surface area contributed by atoms with Gasteiger partial charge in [0.05, 0.1) is 20.3 Å². The van der Waals surface area contributed by atoms with E-state index in [-0.39, 0.29) is 0 Å². The lowest BCUT2D eigenvalue weighted by Crippen LogP contribution is -2.56. The molecule has 90 valence electrons. The number of nitrogens with zero attached hydrogens (tertiary/aromatic N) is 1. The summed E-state index contributed by atoms with van der Waals surface area (Å²) in [5.41, 5.74) is 0. The topological polar surface area (TPSA) is 83.8 Å². The number of ether oxygens (including phenoxy) is 1. The van der Waals surface area contributed by atoms with Crippen molar-refractivity contribution in [1.82, 2.24) is 0 Å². The number of quaternary nitrogens is 1. The summed E-state index contributed by atoms with van der Waals surface area (Å²) >= 11 is 0. The highest BCUT2D eigenvalue weighted by molar-refractivity contribution is 7.85. The Hall–Kier alpha value is -0.210. The van der Waals surface area contributed by atoms with Crippen molar-refractivity contribution >= 4 is 10.1 Å². The zero-order chi connectivity index (χ0) is 11.5. The second kappa shape index (κ2) is 4.75. The summed E-state index contributed by atoms with van der Waals surface area (Å²) in [4.78, 5) is 0. The third kappa shape index (κ3) is 4.89. The number of likely N-dealkylation sites (N-methyl/N-ethyl adjacent to an activating group) is 1. The maximum Gasteiger partial charge on any atom is 0.267 e. The molecule has 1 aliphatic rings. The van der Waals surface area contributed by atoms with Crippen molar-refractivity contribution in [2.45, 2.75) is 6.10 Å². The predicted octanol–water partition coefficient (Wildman–Crippen LogP) is -1.29. The number of rotatable bonds is 4. The molecule has 7 heteroatoms. The first-order valence-electron chi connectivity index (χ1n) is 4.85. The Morgan fingerprint density at radius 3 is 2.40 bits per heavy atom. The third-order valence-corrected chi connectivity index (χ3v) is 3.41. The molecule has 0 aromatic carbocycles. The zero-order valence-corrected chi connectivity index (χ0v) is 9.61. The van der Waals surface area contributed by atoms with Crippen LogP contribution in [0, 0.1) is 0 Å². The van der Waals surface area contributed by atoms with Gasteiger partial charge in [-0.3, -0.25) is 4.55 Å². The molecule has 2 N–H and O–H groups in total. The van der Waals surface area contributed by atoms with Crippen LogP contribution in [0.1, 0.15) is 0 Å². The summed E-state index contributed by atoms with van der Waals surface area (Å²) in [5.74, 6) is -0.596. The van der Waals surface area contributed by atoms with E-state index < -0.39 is 22.0 Å². The molecule has 1 rings (SSSR count). The quantitative estimate of drug-likeness (QED) is 0.472. The van der Waals surface area contributed by atoms with Crippen LogP contribution in [0.3, 0.4) is 0 Å². The van der Waals surface area contributed by atoms with E-state index in [4.69, 9.17) is 9.29 Å². The molecule has 0 bridgehead atoms. The van der Waals surface area contributed by atoms with Gasteiger partial charge in [-0.1, -0.05) is 0 Å². The molecule has 1 aliphatic heterocycles. The molecule has 1 fully saturated rings. The van der Waals surface area contributed by atoms with Crippen molar-refractivity contribution in [2.24, 2.45) is 0 Å². The number of hydrogen-bond donors (Lipinski definition) is 2. The van der Waals surface area contributed by atoms with Crippen LogP contribution < -0.4 is 0 Å². The molecule has 1 heterocycles. The normalized spacial score (nSPS) is 23.7. The minimum atomic E-state index is -4.09. The van der Waals surface area contributed by atoms with Gasteiger partial charge in [0, 0.05) is 0 Å². The van der Waals surface area contributed by atoms with Crippen molar-refractivity contribution in [3.8, 4) is 0 Å². The third-order valence-electron chi connectivity index (χ3n) is 2.61. The summed E-state index contributed by atoms with van der Waals surface area (Å²) in [6.07, 6.45) is -1.02. The maximum absolute atomic E-state index is 10.6. The standard InChI is InChI=1S/C8H17NO5S/c1-9(2-4-14-5-3-9)6-8(10)7-15(11,12)13/h8,10H,2-7H2,1H3/p+1. The van der Waals surface area contributed by atoms with E-state index in [1.54, 1.807) is 0 Å². The highest BCUT2D eigenvalue weighted by Gasteiger charge is 2.29. The lowest BCUT2D eigenvalue weighted by atomic mass is 10.2. The van der Waals surface area contributed by atoms with Gasteiger partial charge in [-0.2, -0.15) is 8.42 Å². The molecule has 0 aliphatic carbocycles. The number of morpholine rings is 1. The fraction of sp³-hybridized carbons (Fsp3) is 1.00. The molecule has 0 amide bonds. The molecule has 6 nitrogen and oxygen atoms in total. The number of aliphatic hydroxyl groups excluding tert-OH is 1. The second-order valence-corrected chi connectivity index (χ2v) is 5.76. The lowest BCUT2D eigenvalue weighted by molar-refractivity contribution is -0.919. The highest BCUT2D eigenvalue weighted by atomic mass is 32.2. The van der Waals surface area contributed by atoms with Crippen LogP contribution in [-0.4, -0.2) is 74.3 Å². The van der Waals surface area contributed by atoms with Gasteiger partial charge in [0.15, 0.2) is 0 Å². The Labute approximate surface area is 89.8 Å². The van der Waals surface area contributed by atoms with E-state index in [0.29, 0.717) is 24.2 Å². The van der Waals surface area contributed by atoms with Gasteiger partial charge in [-0.05, 0) is 0 Å². The largest absolute Gasteiger partial charge is 0.386 e. The molecule has 1 unspecified atom stereocenters. The van der Waals surface area contributed by atoms with Crippen LogP contribution in [0.15, 0.2) is 0 Å². The number of hydrogen-bond acceptors (Lipinski definition) is 4. The SMILES string of the molecule is C[N+]1(CC(O)CS(=O)(=O)O)CCOCC1. The van der Waals surface area contributed by atoms with Gasteiger partial charge in [0.2, 0.25) is 0 Å². The first-order chi connectivity index (χ1) is 6.81.